The van der Waals surface area contributed by atoms with Crippen molar-refractivity contribution in [3.8, 4) is 0 Å². The van der Waals surface area contributed by atoms with Gasteiger partial charge in [-0.2, -0.15) is 0 Å². The SMILES string of the molecule is CC(=O)SC1CC(=O)N(c2cccc3ccc(C)nc23)C1. The highest BCUT2D eigenvalue weighted by molar-refractivity contribution is 8.14. The Morgan fingerprint density at radius 3 is 2.90 bits per heavy atom. The van der Waals surface area contributed by atoms with Crippen LogP contribution >= 0.6 is 11.8 Å². The van der Waals surface area contributed by atoms with Crippen molar-refractivity contribution in [2.24, 2.45) is 0 Å². The van der Waals surface area contributed by atoms with E-state index in [1.54, 1.807) is 11.8 Å². The molecule has 3 rings (SSSR count). The van der Waals surface area contributed by atoms with Crippen LogP contribution in [-0.4, -0.2) is 27.8 Å². The average Bonchev–Trinajstić information content (AvgIpc) is 2.77. The Balaban J connectivity index is 1.99. The van der Waals surface area contributed by atoms with Crippen molar-refractivity contribution in [1.29, 1.82) is 0 Å². The molecule has 108 valence electrons. The van der Waals surface area contributed by atoms with Crippen LogP contribution in [0.1, 0.15) is 19.0 Å². The second-order valence-corrected chi connectivity index (χ2v) is 6.72. The molecule has 1 fully saturated rings. The Kier molecular flexibility index (Phi) is 3.68. The van der Waals surface area contributed by atoms with Crippen LogP contribution in [-0.2, 0) is 9.59 Å². The lowest BCUT2D eigenvalue weighted by Gasteiger charge is -2.18. The van der Waals surface area contributed by atoms with Crippen molar-refractivity contribution in [1.82, 2.24) is 4.98 Å². The number of para-hydroxylation sites is 1. The van der Waals surface area contributed by atoms with Gasteiger partial charge in [-0.25, -0.2) is 0 Å². The molecule has 0 spiro atoms. The number of benzene rings is 1. The zero-order valence-electron chi connectivity index (χ0n) is 12.0. The number of aryl methyl sites for hydroxylation is 1. The zero-order chi connectivity index (χ0) is 15.0. The molecule has 4 nitrogen and oxygen atoms in total. The van der Waals surface area contributed by atoms with Gasteiger partial charge >= 0.3 is 0 Å². The molecule has 0 N–H and O–H groups in total. The monoisotopic (exact) mass is 300 g/mol. The molecule has 2 aromatic rings. The van der Waals surface area contributed by atoms with Crippen LogP contribution in [0.3, 0.4) is 0 Å². The van der Waals surface area contributed by atoms with Gasteiger partial charge in [0.2, 0.25) is 5.91 Å². The van der Waals surface area contributed by atoms with Crippen molar-refractivity contribution in [3.05, 3.63) is 36.0 Å². The minimum absolute atomic E-state index is 0.0371. The first-order chi connectivity index (χ1) is 10.0. The number of pyridine rings is 1. The molecule has 1 atom stereocenters. The highest BCUT2D eigenvalue weighted by atomic mass is 32.2. The van der Waals surface area contributed by atoms with Gasteiger partial charge in [0.05, 0.1) is 11.2 Å². The number of carbonyl (C=O) groups excluding carboxylic acids is 2. The van der Waals surface area contributed by atoms with Gasteiger partial charge in [-0.05, 0) is 19.1 Å². The van der Waals surface area contributed by atoms with Crippen molar-refractivity contribution >= 4 is 39.4 Å². The minimum atomic E-state index is 0.0371. The highest BCUT2D eigenvalue weighted by Gasteiger charge is 2.32. The summed E-state index contributed by atoms with van der Waals surface area (Å²) in [6.45, 7) is 4.05. The Labute approximate surface area is 127 Å². The van der Waals surface area contributed by atoms with Crippen molar-refractivity contribution in [2.75, 3.05) is 11.4 Å². The van der Waals surface area contributed by atoms with Gasteiger partial charge in [0.25, 0.3) is 0 Å². The first-order valence-corrected chi connectivity index (χ1v) is 7.76. The molecule has 21 heavy (non-hydrogen) atoms. The second kappa shape index (κ2) is 5.48. The molecule has 1 aliphatic heterocycles. The molecule has 0 aliphatic carbocycles. The van der Waals surface area contributed by atoms with Gasteiger partial charge in [0.15, 0.2) is 5.12 Å². The molecule has 1 amide bonds. The van der Waals surface area contributed by atoms with Crippen LogP contribution < -0.4 is 4.90 Å². The molecule has 1 saturated heterocycles. The van der Waals surface area contributed by atoms with Crippen LogP contribution in [0.2, 0.25) is 0 Å². The van der Waals surface area contributed by atoms with Crippen molar-refractivity contribution in [3.63, 3.8) is 0 Å². The van der Waals surface area contributed by atoms with Crippen LogP contribution in [0, 0.1) is 6.92 Å². The summed E-state index contributed by atoms with van der Waals surface area (Å²) in [6.07, 6.45) is 0.409. The van der Waals surface area contributed by atoms with E-state index in [9.17, 15) is 9.59 Å². The Bertz CT molecular complexity index is 729. The number of thioether (sulfide) groups is 1. The molecule has 0 bridgehead atoms. The third-order valence-corrected chi connectivity index (χ3v) is 4.53. The summed E-state index contributed by atoms with van der Waals surface area (Å²) >= 11 is 1.25. The number of fused-ring (bicyclic) bond motifs is 1. The third-order valence-electron chi connectivity index (χ3n) is 3.55. The summed E-state index contributed by atoms with van der Waals surface area (Å²) in [7, 11) is 0. The summed E-state index contributed by atoms with van der Waals surface area (Å²) in [4.78, 5) is 29.8. The minimum Gasteiger partial charge on any atom is -0.309 e. The molecule has 1 aromatic carbocycles. The first kappa shape index (κ1) is 14.1. The zero-order valence-corrected chi connectivity index (χ0v) is 12.8. The van der Waals surface area contributed by atoms with Gasteiger partial charge in [-0.15, -0.1) is 0 Å². The van der Waals surface area contributed by atoms with E-state index < -0.39 is 0 Å². The van der Waals surface area contributed by atoms with E-state index >= 15 is 0 Å². The smallest absolute Gasteiger partial charge is 0.228 e. The molecule has 1 unspecified atom stereocenters. The van der Waals surface area contributed by atoms with E-state index in [-0.39, 0.29) is 16.3 Å². The maximum Gasteiger partial charge on any atom is 0.228 e. The molecular formula is C16H16N2O2S. The van der Waals surface area contributed by atoms with E-state index in [1.807, 2.05) is 37.3 Å². The predicted octanol–water partition coefficient (Wildman–Crippen LogP) is 2.93. The summed E-state index contributed by atoms with van der Waals surface area (Å²) in [5.74, 6) is 0.0598. The molecule has 2 heterocycles. The number of anilines is 1. The number of aromatic nitrogens is 1. The summed E-state index contributed by atoms with van der Waals surface area (Å²) in [5, 5.41) is 1.12. The summed E-state index contributed by atoms with van der Waals surface area (Å²) in [5.41, 5.74) is 2.61. The van der Waals surface area contributed by atoms with Crippen LogP contribution in [0.25, 0.3) is 10.9 Å². The lowest BCUT2D eigenvalue weighted by molar-refractivity contribution is -0.117. The van der Waals surface area contributed by atoms with Crippen LogP contribution in [0.4, 0.5) is 5.69 Å². The first-order valence-electron chi connectivity index (χ1n) is 6.88. The number of rotatable bonds is 2. The van der Waals surface area contributed by atoms with Crippen molar-refractivity contribution < 1.29 is 9.59 Å². The fourth-order valence-electron chi connectivity index (χ4n) is 2.67. The number of hydrogen-bond donors (Lipinski definition) is 0. The van der Waals surface area contributed by atoms with E-state index in [4.69, 9.17) is 0 Å². The van der Waals surface area contributed by atoms with E-state index in [1.165, 1.54) is 11.8 Å². The molecule has 0 saturated carbocycles. The van der Waals surface area contributed by atoms with Gasteiger partial charge in [-0.3, -0.25) is 14.6 Å². The Morgan fingerprint density at radius 2 is 2.14 bits per heavy atom. The highest BCUT2D eigenvalue weighted by Crippen LogP contribution is 2.32. The molecular weight excluding hydrogens is 284 g/mol. The third kappa shape index (κ3) is 2.78. The number of carbonyl (C=O) groups is 2. The summed E-state index contributed by atoms with van der Waals surface area (Å²) in [6, 6.07) is 9.84. The molecule has 1 aliphatic rings. The predicted molar refractivity (Wildman–Crippen MR) is 85.5 cm³/mol. The summed E-state index contributed by atoms with van der Waals surface area (Å²) < 4.78 is 0. The van der Waals surface area contributed by atoms with E-state index in [0.29, 0.717) is 13.0 Å². The number of amides is 1. The van der Waals surface area contributed by atoms with Gasteiger partial charge in [-0.1, -0.05) is 30.0 Å². The van der Waals surface area contributed by atoms with Crippen LogP contribution in [0.5, 0.6) is 0 Å². The topological polar surface area (TPSA) is 50.3 Å². The van der Waals surface area contributed by atoms with Crippen molar-refractivity contribution in [2.45, 2.75) is 25.5 Å². The molecule has 1 aromatic heterocycles. The number of hydrogen-bond acceptors (Lipinski definition) is 4. The van der Waals surface area contributed by atoms with E-state index in [0.717, 1.165) is 22.3 Å². The second-order valence-electron chi connectivity index (χ2n) is 5.24. The van der Waals surface area contributed by atoms with Gasteiger partial charge < -0.3 is 4.90 Å². The largest absolute Gasteiger partial charge is 0.309 e. The van der Waals surface area contributed by atoms with Crippen LogP contribution in [0.15, 0.2) is 30.3 Å². The fraction of sp³-hybridized carbons (Fsp3) is 0.312. The Morgan fingerprint density at radius 1 is 1.33 bits per heavy atom. The molecule has 5 heteroatoms. The average molecular weight is 300 g/mol. The van der Waals surface area contributed by atoms with Gasteiger partial charge in [0.1, 0.15) is 0 Å². The fourth-order valence-corrected chi connectivity index (χ4v) is 3.59. The lowest BCUT2D eigenvalue weighted by Crippen LogP contribution is -2.25. The lowest BCUT2D eigenvalue weighted by atomic mass is 10.1. The maximum atomic E-state index is 12.3. The van der Waals surface area contributed by atoms with Gasteiger partial charge in [0, 0.05) is 36.2 Å². The number of nitrogens with zero attached hydrogens (tertiary/aromatic N) is 2. The maximum absolute atomic E-state index is 12.3. The Hall–Kier alpha value is -1.88. The standard InChI is InChI=1S/C16H16N2O2S/c1-10-6-7-12-4-3-5-14(16(12)17-10)18-9-13(8-15(18)20)21-11(2)19/h3-7,13H,8-9H2,1-2H3. The molecule has 0 radical (unpaired) electrons. The quantitative estimate of drug-likeness (QED) is 0.855. The van der Waals surface area contributed by atoms with E-state index in [2.05, 4.69) is 4.98 Å². The normalized spacial score (nSPS) is 18.5.